The molecule has 0 aliphatic carbocycles. The summed E-state index contributed by atoms with van der Waals surface area (Å²) in [6, 6.07) is 20.0. The van der Waals surface area contributed by atoms with Gasteiger partial charge in [-0.05, 0) is 66.8 Å². The molecule has 1 atom stereocenters. The Hall–Kier alpha value is -4.37. The van der Waals surface area contributed by atoms with Gasteiger partial charge in [-0.25, -0.2) is 4.39 Å². The molecular weight excluding hydrogens is 547 g/mol. The van der Waals surface area contributed by atoms with Crippen LogP contribution in [0.25, 0.3) is 10.9 Å². The second-order valence-corrected chi connectivity index (χ2v) is 11.8. The molecule has 222 valence electrons. The van der Waals surface area contributed by atoms with E-state index in [9.17, 15) is 14.0 Å². The molecule has 0 saturated carbocycles. The predicted octanol–water partition coefficient (Wildman–Crippen LogP) is 4.79. The van der Waals surface area contributed by atoms with Crippen LogP contribution in [0, 0.1) is 12.7 Å². The molecule has 0 unspecified atom stereocenters. The van der Waals surface area contributed by atoms with Crippen molar-refractivity contribution in [1.82, 2.24) is 19.7 Å². The fourth-order valence-corrected chi connectivity index (χ4v) is 6.80. The van der Waals surface area contributed by atoms with Gasteiger partial charge in [0, 0.05) is 55.2 Å². The Morgan fingerprint density at radius 3 is 2.51 bits per heavy atom. The molecule has 2 amide bonds. The Morgan fingerprint density at radius 1 is 0.907 bits per heavy atom. The van der Waals surface area contributed by atoms with Gasteiger partial charge in [0.15, 0.2) is 11.5 Å². The third kappa shape index (κ3) is 5.45. The molecule has 1 N–H and O–H groups in total. The number of nitrogens with zero attached hydrogens (tertiary/aromatic N) is 3. The zero-order valence-corrected chi connectivity index (χ0v) is 24.2. The van der Waals surface area contributed by atoms with Crippen LogP contribution in [0.3, 0.4) is 0 Å². The number of aryl methyl sites for hydroxylation is 1. The minimum absolute atomic E-state index is 0.0110. The van der Waals surface area contributed by atoms with Crippen molar-refractivity contribution in [3.63, 3.8) is 0 Å². The minimum Gasteiger partial charge on any atom is -0.454 e. The van der Waals surface area contributed by atoms with Crippen LogP contribution in [0.2, 0.25) is 0 Å². The number of ether oxygens (including phenoxy) is 2. The lowest BCUT2D eigenvalue weighted by Crippen LogP contribution is -2.63. The quantitative estimate of drug-likeness (QED) is 0.339. The van der Waals surface area contributed by atoms with Crippen molar-refractivity contribution in [3.05, 3.63) is 94.9 Å². The molecule has 4 heterocycles. The summed E-state index contributed by atoms with van der Waals surface area (Å²) in [5.74, 6) is 0.893. The number of carbonyl (C=O) groups is 2. The number of fused-ring (bicyclic) bond motifs is 2. The van der Waals surface area contributed by atoms with Gasteiger partial charge in [0.25, 0.3) is 0 Å². The molecule has 1 aromatic heterocycles. The van der Waals surface area contributed by atoms with Crippen LogP contribution in [-0.4, -0.2) is 70.0 Å². The van der Waals surface area contributed by atoms with Crippen molar-refractivity contribution in [2.45, 2.75) is 51.4 Å². The first-order valence-corrected chi connectivity index (χ1v) is 14.9. The highest BCUT2D eigenvalue weighted by Crippen LogP contribution is 2.34. The Bertz CT molecular complexity index is 1660. The fourth-order valence-electron chi connectivity index (χ4n) is 6.80. The number of amides is 2. The van der Waals surface area contributed by atoms with Gasteiger partial charge in [-0.2, -0.15) is 0 Å². The highest BCUT2D eigenvalue weighted by Gasteiger charge is 2.43. The topological polar surface area (TPSA) is 78.1 Å². The van der Waals surface area contributed by atoms with Crippen LogP contribution in [0.15, 0.2) is 66.7 Å². The van der Waals surface area contributed by atoms with Crippen molar-refractivity contribution in [1.29, 1.82) is 0 Å². The van der Waals surface area contributed by atoms with Gasteiger partial charge in [0.2, 0.25) is 18.6 Å². The summed E-state index contributed by atoms with van der Waals surface area (Å²) >= 11 is 0. The number of H-pyrrole nitrogens is 1. The number of piperazine rings is 1. The third-order valence-electron chi connectivity index (χ3n) is 9.09. The second-order valence-electron chi connectivity index (χ2n) is 11.8. The summed E-state index contributed by atoms with van der Waals surface area (Å²) in [7, 11) is 0. The van der Waals surface area contributed by atoms with Crippen molar-refractivity contribution in [2.24, 2.45) is 0 Å². The summed E-state index contributed by atoms with van der Waals surface area (Å²) in [5, 5.41) is 0.869. The molecule has 3 aliphatic rings. The zero-order valence-electron chi connectivity index (χ0n) is 24.2. The number of likely N-dealkylation sites (tertiary alicyclic amines) is 1. The molecule has 7 rings (SSSR count). The van der Waals surface area contributed by atoms with Crippen molar-refractivity contribution in [2.75, 3.05) is 26.4 Å². The molecule has 2 saturated heterocycles. The van der Waals surface area contributed by atoms with Crippen LogP contribution in [0.5, 0.6) is 11.5 Å². The summed E-state index contributed by atoms with van der Waals surface area (Å²) < 4.78 is 25.0. The lowest BCUT2D eigenvalue weighted by Gasteiger charge is -2.45. The lowest BCUT2D eigenvalue weighted by molar-refractivity contribution is -0.159. The third-order valence-corrected chi connectivity index (χ3v) is 9.09. The number of aromatic nitrogens is 1. The number of hydrogen-bond acceptors (Lipinski definition) is 5. The molecule has 0 spiro atoms. The second kappa shape index (κ2) is 11.4. The minimum atomic E-state index is -0.684. The summed E-state index contributed by atoms with van der Waals surface area (Å²) in [6.07, 6.45) is 1.99. The van der Waals surface area contributed by atoms with Crippen molar-refractivity contribution >= 4 is 22.7 Å². The normalized spacial score (nSPS) is 19.5. The maximum atomic E-state index is 14.4. The van der Waals surface area contributed by atoms with Crippen molar-refractivity contribution in [3.8, 4) is 11.5 Å². The highest BCUT2D eigenvalue weighted by atomic mass is 19.1. The molecule has 43 heavy (non-hydrogen) atoms. The van der Waals surface area contributed by atoms with E-state index in [2.05, 4.69) is 34.1 Å². The number of carbonyl (C=O) groups excluding carboxylic acids is 2. The van der Waals surface area contributed by atoms with Crippen LogP contribution < -0.4 is 9.47 Å². The number of benzene rings is 3. The molecule has 3 aromatic carbocycles. The van der Waals surface area contributed by atoms with E-state index in [1.807, 2.05) is 36.1 Å². The molecule has 2 fully saturated rings. The van der Waals surface area contributed by atoms with Crippen LogP contribution in [-0.2, 0) is 29.1 Å². The number of aromatic amines is 1. The monoisotopic (exact) mass is 582 g/mol. The van der Waals surface area contributed by atoms with Gasteiger partial charge < -0.3 is 24.3 Å². The standard InChI is InChI=1S/C34H35FN4O4/c1-22-28(27-9-8-25(35)16-29(27)36-22)17-30-34(41)38(26-11-13-37(14-12-26)18-23-5-3-2-4-6-23)20-33(40)39(30)19-24-7-10-31-32(15-24)43-21-42-31/h2-10,15-16,26,30,36H,11-14,17-21H2,1H3/t30-/m1/s1. The summed E-state index contributed by atoms with van der Waals surface area (Å²) in [6.45, 7) is 5.08. The van der Waals surface area contributed by atoms with Crippen LogP contribution in [0.1, 0.15) is 35.2 Å². The number of hydrogen-bond donors (Lipinski definition) is 1. The van der Waals surface area contributed by atoms with E-state index in [-0.39, 0.29) is 43.6 Å². The van der Waals surface area contributed by atoms with Gasteiger partial charge >= 0.3 is 0 Å². The SMILES string of the molecule is Cc1[nH]c2cc(F)ccc2c1C[C@@H]1C(=O)N(C2CCN(Cc3ccccc3)CC2)CC(=O)N1Cc1ccc2c(c1)OCO2. The molecule has 8 nitrogen and oxygen atoms in total. The molecule has 9 heteroatoms. The van der Waals surface area contributed by atoms with Gasteiger partial charge in [-0.15, -0.1) is 0 Å². The molecule has 0 radical (unpaired) electrons. The van der Waals surface area contributed by atoms with E-state index in [1.165, 1.54) is 17.7 Å². The first-order chi connectivity index (χ1) is 20.9. The predicted molar refractivity (Wildman–Crippen MR) is 160 cm³/mol. The van der Waals surface area contributed by atoms with Crippen molar-refractivity contribution < 1.29 is 23.5 Å². The average molecular weight is 583 g/mol. The van der Waals surface area contributed by atoms with E-state index in [0.29, 0.717) is 23.4 Å². The van der Waals surface area contributed by atoms with E-state index >= 15 is 0 Å². The highest BCUT2D eigenvalue weighted by molar-refractivity contribution is 5.96. The Kier molecular flexibility index (Phi) is 7.26. The van der Waals surface area contributed by atoms with Gasteiger partial charge in [0.1, 0.15) is 18.4 Å². The van der Waals surface area contributed by atoms with Crippen LogP contribution in [0.4, 0.5) is 4.39 Å². The fraction of sp³-hybridized carbons (Fsp3) is 0.353. The first-order valence-electron chi connectivity index (χ1n) is 14.9. The van der Waals surface area contributed by atoms with E-state index in [0.717, 1.165) is 54.7 Å². The smallest absolute Gasteiger partial charge is 0.246 e. The first kappa shape index (κ1) is 27.5. The van der Waals surface area contributed by atoms with Gasteiger partial charge in [0.05, 0.1) is 0 Å². The van der Waals surface area contributed by atoms with E-state index in [4.69, 9.17) is 9.47 Å². The molecule has 3 aliphatic heterocycles. The largest absolute Gasteiger partial charge is 0.454 e. The lowest BCUT2D eigenvalue weighted by atomic mass is 9.94. The Morgan fingerprint density at radius 2 is 1.70 bits per heavy atom. The molecule has 0 bridgehead atoms. The van der Waals surface area contributed by atoms with E-state index < -0.39 is 6.04 Å². The Labute approximate surface area is 250 Å². The van der Waals surface area contributed by atoms with Gasteiger partial charge in [-0.3, -0.25) is 14.5 Å². The number of halogens is 1. The Balaban J connectivity index is 1.14. The number of piperidine rings is 1. The number of rotatable bonds is 7. The maximum Gasteiger partial charge on any atom is 0.246 e. The summed E-state index contributed by atoms with van der Waals surface area (Å²) in [5.41, 5.74) is 4.63. The molecular formula is C34H35FN4O4. The van der Waals surface area contributed by atoms with Gasteiger partial charge in [-0.1, -0.05) is 36.4 Å². The van der Waals surface area contributed by atoms with E-state index in [1.54, 1.807) is 11.0 Å². The number of nitrogens with one attached hydrogen (secondary N) is 1. The van der Waals surface area contributed by atoms with Crippen LogP contribution >= 0.6 is 0 Å². The summed E-state index contributed by atoms with van der Waals surface area (Å²) in [4.78, 5) is 37.5. The molecule has 4 aromatic rings. The zero-order chi connectivity index (χ0) is 29.5. The average Bonchev–Trinajstić information content (AvgIpc) is 3.60. The maximum absolute atomic E-state index is 14.4.